The summed E-state index contributed by atoms with van der Waals surface area (Å²) in [6.45, 7) is 0.216. The van der Waals surface area contributed by atoms with Gasteiger partial charge in [0.2, 0.25) is 5.96 Å². The number of benzene rings is 3. The zero-order valence-electron chi connectivity index (χ0n) is 21.7. The molecule has 0 radical (unpaired) electrons. The van der Waals surface area contributed by atoms with Crippen LogP contribution in [-0.4, -0.2) is 22.9 Å². The number of fused-ring (bicyclic) bond motifs is 1. The number of allylic oxidation sites excluding steroid dienone is 2. The van der Waals surface area contributed by atoms with Crippen LogP contribution in [0.25, 0.3) is 15.8 Å². The maximum atomic E-state index is 13.7. The predicted molar refractivity (Wildman–Crippen MR) is 165 cm³/mol. The minimum Gasteiger partial charge on any atom is -0.366 e. The van der Waals surface area contributed by atoms with E-state index in [2.05, 4.69) is 26.5 Å². The number of aliphatic imine (C=N–C) groups is 1. The van der Waals surface area contributed by atoms with Crippen molar-refractivity contribution in [3.05, 3.63) is 93.5 Å². The molecule has 0 atom stereocenters. The number of amides is 3. The maximum absolute atomic E-state index is 13.7. The number of aromatic nitrogens is 1. The average molecular weight is 607 g/mol. The van der Waals surface area contributed by atoms with Gasteiger partial charge in [-0.1, -0.05) is 64.9 Å². The number of hydrogen-bond acceptors (Lipinski definition) is 5. The molecule has 0 unspecified atom stereocenters. The number of carbonyl (C=O) groups excluding carboxylic acids is 2. The second kappa shape index (κ2) is 12.6. The fourth-order valence-electron chi connectivity index (χ4n) is 4.54. The van der Waals surface area contributed by atoms with Gasteiger partial charge in [-0.15, -0.1) is 5.11 Å². The molecule has 0 fully saturated rings. The second-order valence-corrected chi connectivity index (χ2v) is 11.2. The van der Waals surface area contributed by atoms with Gasteiger partial charge < -0.3 is 5.73 Å². The average Bonchev–Trinajstić information content (AvgIpc) is 3.39. The van der Waals surface area contributed by atoms with Crippen molar-refractivity contribution in [2.75, 3.05) is 10.2 Å². The van der Waals surface area contributed by atoms with Gasteiger partial charge in [0.1, 0.15) is 0 Å². The molecule has 4 aromatic rings. The largest absolute Gasteiger partial charge is 0.366 e. The molecular formula is C29H25Cl2N7O2S. The van der Waals surface area contributed by atoms with E-state index in [1.54, 1.807) is 41.3 Å². The molecule has 0 aliphatic heterocycles. The Hall–Kier alpha value is -4.12. The highest BCUT2D eigenvalue weighted by Crippen LogP contribution is 2.35. The van der Waals surface area contributed by atoms with Crippen LogP contribution in [0.1, 0.15) is 47.2 Å². The van der Waals surface area contributed by atoms with Gasteiger partial charge in [0.05, 0.1) is 21.8 Å². The minimum atomic E-state index is -0.609. The van der Waals surface area contributed by atoms with E-state index in [0.29, 0.717) is 26.4 Å². The number of hydrogen-bond donors (Lipinski definition) is 3. The molecule has 1 aromatic heterocycles. The van der Waals surface area contributed by atoms with Crippen molar-refractivity contribution in [3.63, 3.8) is 0 Å². The summed E-state index contributed by atoms with van der Waals surface area (Å²) in [6.07, 6.45) is 6.80. The van der Waals surface area contributed by atoms with Crippen molar-refractivity contribution in [1.29, 1.82) is 5.53 Å². The molecule has 1 aliphatic carbocycles. The summed E-state index contributed by atoms with van der Waals surface area (Å²) in [5, 5.41) is 7.16. The molecule has 41 heavy (non-hydrogen) atoms. The number of rotatable bonds is 6. The first-order valence-corrected chi connectivity index (χ1v) is 14.4. The second-order valence-electron chi connectivity index (χ2n) is 9.38. The summed E-state index contributed by atoms with van der Waals surface area (Å²) in [4.78, 5) is 35.6. The molecule has 3 amide bonds. The molecule has 3 aromatic carbocycles. The number of carbonyl (C=O) groups is 2. The first kappa shape index (κ1) is 28.4. The third-order valence-electron chi connectivity index (χ3n) is 6.58. The third-order valence-corrected chi connectivity index (χ3v) is 8.23. The summed E-state index contributed by atoms with van der Waals surface area (Å²) in [5.74, 6) is -1.03. The zero-order chi connectivity index (χ0) is 28.9. The van der Waals surface area contributed by atoms with Crippen molar-refractivity contribution in [2.24, 2.45) is 15.8 Å². The SMILES string of the molecule is N=NC(N)=NC(=O)c1ccc(CN(C(=O)Nc2nc3cc(Cl)cc(Cl)c3s2)c2ccc(C3=CCCCC3)cc2)cc1. The molecule has 1 aliphatic rings. The number of halogens is 2. The Kier molecular flexibility index (Phi) is 8.72. The molecule has 0 bridgehead atoms. The van der Waals surface area contributed by atoms with Crippen molar-refractivity contribution in [2.45, 2.75) is 32.2 Å². The van der Waals surface area contributed by atoms with Crippen LogP contribution in [0.2, 0.25) is 10.0 Å². The van der Waals surface area contributed by atoms with E-state index in [4.69, 9.17) is 34.5 Å². The van der Waals surface area contributed by atoms with Crippen LogP contribution in [0.3, 0.4) is 0 Å². The molecule has 5 rings (SSSR count). The van der Waals surface area contributed by atoms with E-state index < -0.39 is 11.9 Å². The highest BCUT2D eigenvalue weighted by molar-refractivity contribution is 7.23. The van der Waals surface area contributed by atoms with E-state index in [-0.39, 0.29) is 18.1 Å². The quantitative estimate of drug-likeness (QED) is 0.116. The molecule has 4 N–H and O–H groups in total. The highest BCUT2D eigenvalue weighted by Gasteiger charge is 2.20. The number of urea groups is 1. The normalized spacial score (nSPS) is 13.5. The van der Waals surface area contributed by atoms with Gasteiger partial charge in [-0.2, -0.15) is 4.99 Å². The van der Waals surface area contributed by atoms with E-state index in [9.17, 15) is 9.59 Å². The summed E-state index contributed by atoms with van der Waals surface area (Å²) in [5.41, 5.74) is 17.0. The van der Waals surface area contributed by atoms with Crippen LogP contribution in [0.4, 0.5) is 15.6 Å². The van der Waals surface area contributed by atoms with Crippen LogP contribution < -0.4 is 16.0 Å². The Morgan fingerprint density at radius 2 is 1.83 bits per heavy atom. The van der Waals surface area contributed by atoms with Crippen LogP contribution in [-0.2, 0) is 6.54 Å². The van der Waals surface area contributed by atoms with E-state index in [1.165, 1.54) is 29.8 Å². The highest BCUT2D eigenvalue weighted by atomic mass is 35.5. The standard InChI is InChI=1S/C29H25Cl2N7O2S/c30-21-14-23(31)25-24(15-21)34-28(41-25)36-29(40)38(22-12-10-19(11-13-22)18-4-2-1-3-5-18)16-17-6-8-20(9-7-17)26(39)35-27(32)37-33/h4,6-15,33H,1-3,5,16H2,(H2,32,35,39)(H,34,36,40). The van der Waals surface area contributed by atoms with Crippen LogP contribution in [0.5, 0.6) is 0 Å². The van der Waals surface area contributed by atoms with Gasteiger partial charge in [-0.05, 0) is 78.8 Å². The number of anilines is 2. The zero-order valence-corrected chi connectivity index (χ0v) is 24.1. The number of nitrogens with two attached hydrogens (primary N) is 1. The number of thiazole rings is 1. The minimum absolute atomic E-state index is 0.216. The molecule has 0 saturated heterocycles. The summed E-state index contributed by atoms with van der Waals surface area (Å²) >= 11 is 13.7. The Bertz CT molecular complexity index is 1680. The fraction of sp³-hybridized carbons (Fsp3) is 0.172. The molecule has 0 saturated carbocycles. The van der Waals surface area contributed by atoms with Crippen LogP contribution in [0.15, 0.2) is 76.8 Å². The molecule has 9 nitrogen and oxygen atoms in total. The van der Waals surface area contributed by atoms with Gasteiger partial charge in [-0.25, -0.2) is 15.3 Å². The molecule has 12 heteroatoms. The lowest BCUT2D eigenvalue weighted by Gasteiger charge is -2.23. The fourth-order valence-corrected chi connectivity index (χ4v) is 5.98. The predicted octanol–water partition coefficient (Wildman–Crippen LogP) is 8.29. The maximum Gasteiger partial charge on any atom is 0.328 e. The van der Waals surface area contributed by atoms with Crippen molar-refractivity contribution >= 4 is 79.0 Å². The van der Waals surface area contributed by atoms with Crippen molar-refractivity contribution < 1.29 is 9.59 Å². The molecular weight excluding hydrogens is 581 g/mol. The summed E-state index contributed by atoms with van der Waals surface area (Å²) in [7, 11) is 0. The van der Waals surface area contributed by atoms with Crippen LogP contribution in [0, 0.1) is 5.53 Å². The smallest absolute Gasteiger partial charge is 0.328 e. The number of guanidine groups is 1. The Morgan fingerprint density at radius 1 is 1.07 bits per heavy atom. The van der Waals surface area contributed by atoms with Gasteiger partial charge in [0.15, 0.2) is 5.13 Å². The van der Waals surface area contributed by atoms with Gasteiger partial charge in [0, 0.05) is 16.3 Å². The molecule has 208 valence electrons. The van der Waals surface area contributed by atoms with E-state index in [1.807, 2.05) is 24.3 Å². The Balaban J connectivity index is 1.42. The lowest BCUT2D eigenvalue weighted by Crippen LogP contribution is -2.34. The number of nitrogens with zero attached hydrogens (tertiary/aromatic N) is 4. The summed E-state index contributed by atoms with van der Waals surface area (Å²) < 4.78 is 0.727. The van der Waals surface area contributed by atoms with Gasteiger partial charge in [0.25, 0.3) is 5.91 Å². The molecule has 1 heterocycles. The lowest BCUT2D eigenvalue weighted by molar-refractivity contribution is 0.100. The first-order chi connectivity index (χ1) is 19.8. The van der Waals surface area contributed by atoms with Crippen molar-refractivity contribution in [1.82, 2.24) is 4.98 Å². The summed E-state index contributed by atoms with van der Waals surface area (Å²) in [6, 6.07) is 17.5. The topological polar surface area (TPSA) is 137 Å². The van der Waals surface area contributed by atoms with Gasteiger partial charge >= 0.3 is 6.03 Å². The van der Waals surface area contributed by atoms with Crippen LogP contribution >= 0.6 is 34.5 Å². The van der Waals surface area contributed by atoms with Gasteiger partial charge in [-0.3, -0.25) is 15.0 Å². The lowest BCUT2D eigenvalue weighted by atomic mass is 9.93. The Morgan fingerprint density at radius 3 is 2.51 bits per heavy atom. The third kappa shape index (κ3) is 6.79. The van der Waals surface area contributed by atoms with E-state index in [0.717, 1.165) is 28.7 Å². The first-order valence-electron chi connectivity index (χ1n) is 12.8. The van der Waals surface area contributed by atoms with E-state index >= 15 is 0 Å². The monoisotopic (exact) mass is 605 g/mol. The Labute approximate surface area is 250 Å². The van der Waals surface area contributed by atoms with Crippen molar-refractivity contribution in [3.8, 4) is 0 Å². The number of nitrogens with one attached hydrogen (secondary N) is 2. The molecule has 0 spiro atoms.